The Balaban J connectivity index is 2.00. The molecule has 144 valence electrons. The monoisotopic (exact) mass is 391 g/mol. The van der Waals surface area contributed by atoms with Crippen molar-refractivity contribution in [2.75, 3.05) is 25.5 Å². The number of anilines is 2. The molecule has 1 saturated heterocycles. The number of hydrogen-bond donors (Lipinski definition) is 1. The van der Waals surface area contributed by atoms with Gasteiger partial charge in [-0.1, -0.05) is 6.07 Å². The normalized spacial score (nSPS) is 14.9. The third-order valence-electron chi connectivity index (χ3n) is 4.49. The summed E-state index contributed by atoms with van der Waals surface area (Å²) in [5, 5.41) is 14.5. The topological polar surface area (TPSA) is 102 Å². The highest BCUT2D eigenvalue weighted by Gasteiger charge is 2.29. The number of nitrogens with zero attached hydrogens (tertiary/aromatic N) is 2. The van der Waals surface area contributed by atoms with Crippen LogP contribution >= 0.6 is 0 Å². The number of ether oxygens (including phenoxy) is 1. The van der Waals surface area contributed by atoms with Gasteiger partial charge in [-0.2, -0.15) is 4.31 Å². The molecule has 0 unspecified atom stereocenters. The van der Waals surface area contributed by atoms with Crippen molar-refractivity contribution in [2.24, 2.45) is 0 Å². The Hall–Kier alpha value is -2.65. The molecule has 0 radical (unpaired) electrons. The number of methoxy groups -OCH3 is 1. The Labute approximate surface area is 158 Å². The third-order valence-corrected chi connectivity index (χ3v) is 6.39. The average molecular weight is 391 g/mol. The predicted octanol–water partition coefficient (Wildman–Crippen LogP) is 3.44. The molecule has 0 spiro atoms. The zero-order chi connectivity index (χ0) is 19.6. The molecule has 9 heteroatoms. The summed E-state index contributed by atoms with van der Waals surface area (Å²) >= 11 is 0. The SMILES string of the molecule is COc1ccc(C)cc1Nc1ccc(S(=O)(=O)N2CCCC2)cc1[N+](=O)[O-]. The quantitative estimate of drug-likeness (QED) is 0.598. The predicted molar refractivity (Wildman–Crippen MR) is 102 cm³/mol. The number of rotatable bonds is 6. The van der Waals surface area contributed by atoms with Gasteiger partial charge in [0.25, 0.3) is 5.69 Å². The second-order valence-electron chi connectivity index (χ2n) is 6.38. The summed E-state index contributed by atoms with van der Waals surface area (Å²) in [6, 6.07) is 9.35. The van der Waals surface area contributed by atoms with Crippen LogP contribution < -0.4 is 10.1 Å². The lowest BCUT2D eigenvalue weighted by atomic mass is 10.2. The fourth-order valence-electron chi connectivity index (χ4n) is 3.07. The Bertz CT molecular complexity index is 969. The van der Waals surface area contributed by atoms with Gasteiger partial charge >= 0.3 is 0 Å². The molecular formula is C18H21N3O5S. The first-order chi connectivity index (χ1) is 12.8. The van der Waals surface area contributed by atoms with E-state index in [0.717, 1.165) is 24.5 Å². The lowest BCUT2D eigenvalue weighted by Gasteiger charge is -2.16. The van der Waals surface area contributed by atoms with Crippen LogP contribution in [0.3, 0.4) is 0 Å². The Kier molecular flexibility index (Phi) is 5.33. The smallest absolute Gasteiger partial charge is 0.294 e. The molecule has 1 aliphatic heterocycles. The molecule has 3 rings (SSSR count). The van der Waals surface area contributed by atoms with Gasteiger partial charge in [-0.25, -0.2) is 8.42 Å². The summed E-state index contributed by atoms with van der Waals surface area (Å²) in [6.45, 7) is 2.78. The first-order valence-corrected chi connectivity index (χ1v) is 9.97. The summed E-state index contributed by atoms with van der Waals surface area (Å²) < 4.78 is 32.0. The molecule has 0 aliphatic carbocycles. The van der Waals surface area contributed by atoms with Gasteiger partial charge in [-0.05, 0) is 49.6 Å². The first kappa shape index (κ1) is 19.1. The van der Waals surface area contributed by atoms with E-state index in [0.29, 0.717) is 24.5 Å². The van der Waals surface area contributed by atoms with Gasteiger partial charge in [0, 0.05) is 19.2 Å². The molecule has 1 aliphatic rings. The summed E-state index contributed by atoms with van der Waals surface area (Å²) in [4.78, 5) is 10.9. The Morgan fingerprint density at radius 2 is 1.81 bits per heavy atom. The van der Waals surface area contributed by atoms with Crippen molar-refractivity contribution < 1.29 is 18.1 Å². The van der Waals surface area contributed by atoms with Crippen LogP contribution in [-0.4, -0.2) is 37.8 Å². The van der Waals surface area contributed by atoms with Crippen LogP contribution in [0.5, 0.6) is 5.75 Å². The number of nitrogens with one attached hydrogen (secondary N) is 1. The van der Waals surface area contributed by atoms with Crippen LogP contribution in [0.15, 0.2) is 41.3 Å². The minimum absolute atomic E-state index is 0.0714. The van der Waals surface area contributed by atoms with E-state index in [-0.39, 0.29) is 16.3 Å². The van der Waals surface area contributed by atoms with E-state index in [9.17, 15) is 18.5 Å². The molecule has 27 heavy (non-hydrogen) atoms. The summed E-state index contributed by atoms with van der Waals surface area (Å²) in [5.41, 5.74) is 1.41. The van der Waals surface area contributed by atoms with Gasteiger partial charge in [0.15, 0.2) is 0 Å². The van der Waals surface area contributed by atoms with Crippen LogP contribution in [0.1, 0.15) is 18.4 Å². The minimum Gasteiger partial charge on any atom is -0.495 e. The maximum absolute atomic E-state index is 12.7. The fourth-order valence-corrected chi connectivity index (χ4v) is 4.61. The maximum atomic E-state index is 12.7. The van der Waals surface area contributed by atoms with E-state index in [1.54, 1.807) is 12.1 Å². The summed E-state index contributed by atoms with van der Waals surface area (Å²) in [6.07, 6.45) is 1.60. The van der Waals surface area contributed by atoms with E-state index in [1.165, 1.54) is 23.5 Å². The van der Waals surface area contributed by atoms with Gasteiger partial charge in [-0.15, -0.1) is 0 Å². The standard InChI is InChI=1S/C18H21N3O5S/c1-13-5-8-18(26-2)16(11-13)19-15-7-6-14(12-17(15)21(22)23)27(24,25)20-9-3-4-10-20/h5-8,11-12,19H,3-4,9-10H2,1-2H3. The number of nitro groups is 1. The molecule has 0 aromatic heterocycles. The molecule has 1 heterocycles. The molecule has 1 fully saturated rings. The number of hydrogen-bond acceptors (Lipinski definition) is 6. The van der Waals surface area contributed by atoms with Crippen molar-refractivity contribution >= 4 is 27.1 Å². The first-order valence-electron chi connectivity index (χ1n) is 8.53. The van der Waals surface area contributed by atoms with Gasteiger partial charge in [0.1, 0.15) is 11.4 Å². The van der Waals surface area contributed by atoms with Crippen molar-refractivity contribution in [3.05, 3.63) is 52.1 Å². The van der Waals surface area contributed by atoms with Crippen LogP contribution in [0.4, 0.5) is 17.1 Å². The van der Waals surface area contributed by atoms with Crippen molar-refractivity contribution in [2.45, 2.75) is 24.7 Å². The van der Waals surface area contributed by atoms with Gasteiger partial charge in [-0.3, -0.25) is 10.1 Å². The van der Waals surface area contributed by atoms with Gasteiger partial charge in [0.2, 0.25) is 10.0 Å². The zero-order valence-electron chi connectivity index (χ0n) is 15.1. The largest absolute Gasteiger partial charge is 0.495 e. The van der Waals surface area contributed by atoms with E-state index in [2.05, 4.69) is 5.32 Å². The lowest BCUT2D eigenvalue weighted by molar-refractivity contribution is -0.384. The Morgan fingerprint density at radius 1 is 1.11 bits per heavy atom. The molecule has 2 aromatic carbocycles. The lowest BCUT2D eigenvalue weighted by Crippen LogP contribution is -2.27. The van der Waals surface area contributed by atoms with Crippen molar-refractivity contribution in [3.8, 4) is 5.75 Å². The number of nitro benzene ring substituents is 1. The second kappa shape index (κ2) is 7.53. The number of sulfonamides is 1. The molecule has 0 bridgehead atoms. The van der Waals surface area contributed by atoms with Crippen molar-refractivity contribution in [3.63, 3.8) is 0 Å². The van der Waals surface area contributed by atoms with E-state index < -0.39 is 14.9 Å². The summed E-state index contributed by atoms with van der Waals surface area (Å²) in [7, 11) is -2.22. The van der Waals surface area contributed by atoms with Gasteiger partial charge < -0.3 is 10.1 Å². The minimum atomic E-state index is -3.73. The molecule has 0 saturated carbocycles. The Morgan fingerprint density at radius 3 is 2.44 bits per heavy atom. The fraction of sp³-hybridized carbons (Fsp3) is 0.333. The maximum Gasteiger partial charge on any atom is 0.294 e. The molecule has 0 atom stereocenters. The van der Waals surface area contributed by atoms with Crippen LogP contribution in [0, 0.1) is 17.0 Å². The van der Waals surface area contributed by atoms with Crippen LogP contribution in [0.2, 0.25) is 0 Å². The molecule has 8 nitrogen and oxygen atoms in total. The number of aryl methyl sites for hydroxylation is 1. The number of benzene rings is 2. The third kappa shape index (κ3) is 3.88. The van der Waals surface area contributed by atoms with Crippen molar-refractivity contribution in [1.29, 1.82) is 0 Å². The highest BCUT2D eigenvalue weighted by molar-refractivity contribution is 7.89. The van der Waals surface area contributed by atoms with E-state index in [1.807, 2.05) is 13.0 Å². The van der Waals surface area contributed by atoms with E-state index in [4.69, 9.17) is 4.74 Å². The van der Waals surface area contributed by atoms with Gasteiger partial charge in [0.05, 0.1) is 22.6 Å². The highest BCUT2D eigenvalue weighted by atomic mass is 32.2. The van der Waals surface area contributed by atoms with Crippen molar-refractivity contribution in [1.82, 2.24) is 4.31 Å². The second-order valence-corrected chi connectivity index (χ2v) is 8.31. The summed E-state index contributed by atoms with van der Waals surface area (Å²) in [5.74, 6) is 0.531. The highest BCUT2D eigenvalue weighted by Crippen LogP contribution is 2.35. The molecule has 0 amide bonds. The van der Waals surface area contributed by atoms with E-state index >= 15 is 0 Å². The molecule has 1 N–H and O–H groups in total. The molecule has 2 aromatic rings. The van der Waals surface area contributed by atoms with Crippen LogP contribution in [-0.2, 0) is 10.0 Å². The average Bonchev–Trinajstić information content (AvgIpc) is 3.17. The van der Waals surface area contributed by atoms with Crippen LogP contribution in [0.25, 0.3) is 0 Å². The molecular weight excluding hydrogens is 370 g/mol. The zero-order valence-corrected chi connectivity index (χ0v) is 16.0.